The summed E-state index contributed by atoms with van der Waals surface area (Å²) in [5.41, 5.74) is 0. The van der Waals surface area contributed by atoms with Crippen LogP contribution < -0.4 is 0 Å². The Morgan fingerprint density at radius 1 is 2.00 bits per heavy atom. The molecule has 0 aliphatic heterocycles. The molecular formula is C3H5N2O2. The summed E-state index contributed by atoms with van der Waals surface area (Å²) >= 11 is 0. The maximum Gasteiger partial charge on any atom is 0.333 e. The highest BCUT2D eigenvalue weighted by Gasteiger charge is 1.95. The van der Waals surface area contributed by atoms with Gasteiger partial charge in [-0.25, -0.2) is 0 Å². The summed E-state index contributed by atoms with van der Waals surface area (Å²) in [6.45, 7) is 3.01. The van der Waals surface area contributed by atoms with Crippen LogP contribution in [0.25, 0.3) is 0 Å². The van der Waals surface area contributed by atoms with Gasteiger partial charge in [0.15, 0.2) is 0 Å². The first kappa shape index (κ1) is 6.07. The van der Waals surface area contributed by atoms with Crippen molar-refractivity contribution in [1.29, 1.82) is 0 Å². The first-order chi connectivity index (χ1) is 3.18. The summed E-state index contributed by atoms with van der Waals surface area (Å²) in [6.07, 6.45) is 0. The highest BCUT2D eigenvalue weighted by Crippen LogP contribution is 1.71. The van der Waals surface area contributed by atoms with Crippen LogP contribution in [0.15, 0.2) is 4.99 Å². The van der Waals surface area contributed by atoms with Crippen molar-refractivity contribution in [1.82, 2.24) is 0 Å². The van der Waals surface area contributed by atoms with Crippen LogP contribution in [0.5, 0.6) is 0 Å². The van der Waals surface area contributed by atoms with Gasteiger partial charge in [-0.3, -0.25) is 0 Å². The van der Waals surface area contributed by atoms with E-state index in [0.29, 0.717) is 0 Å². The molecule has 0 aromatic carbocycles. The second-order valence-electron chi connectivity index (χ2n) is 0.897. The van der Waals surface area contributed by atoms with Crippen molar-refractivity contribution in [2.24, 2.45) is 4.99 Å². The molecule has 4 nitrogen and oxygen atoms in total. The molecule has 0 aliphatic carbocycles. The molecule has 0 spiro atoms. The van der Waals surface area contributed by atoms with Crippen molar-refractivity contribution >= 4 is 5.84 Å². The Kier molecular flexibility index (Phi) is 1.98. The highest BCUT2D eigenvalue weighted by molar-refractivity contribution is 5.77. The van der Waals surface area contributed by atoms with E-state index in [1.54, 1.807) is 0 Å². The Bertz CT molecular complexity index is 108. The first-order valence-corrected chi connectivity index (χ1v) is 1.61. The van der Waals surface area contributed by atoms with Crippen LogP contribution in [0.1, 0.15) is 0 Å². The summed E-state index contributed by atoms with van der Waals surface area (Å²) in [4.78, 5) is 12.1. The topological polar surface area (TPSA) is 55.5 Å². The van der Waals surface area contributed by atoms with Crippen LogP contribution in [0.3, 0.4) is 0 Å². The van der Waals surface area contributed by atoms with Crippen LogP contribution in [-0.2, 0) is 0 Å². The van der Waals surface area contributed by atoms with Gasteiger partial charge >= 0.3 is 5.84 Å². The van der Waals surface area contributed by atoms with Gasteiger partial charge in [-0.05, 0) is 4.92 Å². The molecule has 7 heavy (non-hydrogen) atoms. The fourth-order valence-electron chi connectivity index (χ4n) is 0.0816. The molecule has 0 aromatic heterocycles. The van der Waals surface area contributed by atoms with Crippen molar-refractivity contribution in [2.45, 2.75) is 0 Å². The van der Waals surface area contributed by atoms with Crippen LogP contribution in [0.2, 0.25) is 0 Å². The van der Waals surface area contributed by atoms with E-state index in [2.05, 4.69) is 11.9 Å². The number of amidine groups is 1. The second-order valence-corrected chi connectivity index (χ2v) is 0.897. The summed E-state index contributed by atoms with van der Waals surface area (Å²) in [5, 5.41) is 9.54. The van der Waals surface area contributed by atoms with E-state index in [1.165, 1.54) is 7.05 Å². The predicted octanol–water partition coefficient (Wildman–Crippen LogP) is 0.125. The largest absolute Gasteiger partial charge is 0.358 e. The summed E-state index contributed by atoms with van der Waals surface area (Å²) in [7, 11) is 1.32. The number of nitrogens with zero attached hydrogens (tertiary/aromatic N) is 2. The van der Waals surface area contributed by atoms with Gasteiger partial charge in [0.2, 0.25) is 0 Å². The Balaban J connectivity index is 3.82. The first-order valence-electron chi connectivity index (χ1n) is 1.61. The van der Waals surface area contributed by atoms with E-state index in [1.807, 2.05) is 0 Å². The monoisotopic (exact) mass is 101 g/mol. The van der Waals surface area contributed by atoms with E-state index < -0.39 is 4.92 Å². The fourth-order valence-corrected chi connectivity index (χ4v) is 0.0816. The smallest absolute Gasteiger partial charge is 0.333 e. The van der Waals surface area contributed by atoms with Crippen molar-refractivity contribution in [3.63, 3.8) is 0 Å². The van der Waals surface area contributed by atoms with Crippen molar-refractivity contribution in [3.05, 3.63) is 17.0 Å². The maximum atomic E-state index is 9.54. The van der Waals surface area contributed by atoms with Crippen LogP contribution in [0.4, 0.5) is 0 Å². The number of hydrogen-bond acceptors (Lipinski definition) is 3. The molecule has 1 radical (unpaired) electrons. The lowest BCUT2D eigenvalue weighted by atomic mass is 10.7. The average molecular weight is 101 g/mol. The third kappa shape index (κ3) is 1.86. The maximum absolute atomic E-state index is 9.54. The molecule has 0 bridgehead atoms. The van der Waals surface area contributed by atoms with Gasteiger partial charge in [0.05, 0.1) is 6.92 Å². The molecule has 0 rings (SSSR count). The van der Waals surface area contributed by atoms with E-state index in [0.717, 1.165) is 0 Å². The minimum atomic E-state index is -0.639. The number of aliphatic imine (C=N–C) groups is 1. The number of rotatable bonds is 0. The molecule has 0 saturated carbocycles. The van der Waals surface area contributed by atoms with Crippen LogP contribution in [-0.4, -0.2) is 17.8 Å². The Morgan fingerprint density at radius 2 is 2.43 bits per heavy atom. The molecule has 0 amide bonds. The molecule has 0 atom stereocenters. The Labute approximate surface area is 41.0 Å². The minimum Gasteiger partial charge on any atom is -0.358 e. The van der Waals surface area contributed by atoms with Crippen molar-refractivity contribution in [2.75, 3.05) is 7.05 Å². The third-order valence-corrected chi connectivity index (χ3v) is 0.469. The Morgan fingerprint density at radius 3 is 2.43 bits per heavy atom. The van der Waals surface area contributed by atoms with E-state index >= 15 is 0 Å². The summed E-state index contributed by atoms with van der Waals surface area (Å²) in [5.74, 6) is -0.306. The molecule has 0 unspecified atom stereocenters. The highest BCUT2D eigenvalue weighted by atomic mass is 16.6. The van der Waals surface area contributed by atoms with Gasteiger partial charge in [0, 0.05) is 0 Å². The lowest BCUT2D eigenvalue weighted by Crippen LogP contribution is -2.05. The third-order valence-electron chi connectivity index (χ3n) is 0.469. The van der Waals surface area contributed by atoms with E-state index in [9.17, 15) is 10.1 Å². The second kappa shape index (κ2) is 2.28. The van der Waals surface area contributed by atoms with Crippen molar-refractivity contribution < 1.29 is 4.92 Å². The molecule has 0 fully saturated rings. The zero-order valence-electron chi connectivity index (χ0n) is 3.92. The number of nitro groups is 1. The molecule has 0 saturated heterocycles. The van der Waals surface area contributed by atoms with Crippen LogP contribution >= 0.6 is 0 Å². The number of hydrogen-bond donors (Lipinski definition) is 0. The van der Waals surface area contributed by atoms with Gasteiger partial charge in [-0.2, -0.15) is 0 Å². The normalized spacial score (nSPS) is 11.4. The fraction of sp³-hybridized carbons (Fsp3) is 0.333. The Hall–Kier alpha value is -0.930. The van der Waals surface area contributed by atoms with Crippen LogP contribution in [0, 0.1) is 17.0 Å². The van der Waals surface area contributed by atoms with Crippen molar-refractivity contribution in [3.8, 4) is 0 Å². The molecule has 0 heterocycles. The molecule has 0 aliphatic rings. The van der Waals surface area contributed by atoms with Gasteiger partial charge in [-0.15, -0.1) is 0 Å². The average Bonchev–Trinajstić information content (AvgIpc) is 1.65. The standard InChI is InChI=1S/C3H5N2O2/c1-3(4-2)5(6)7/h1H2,2H3/b4-3+. The molecule has 0 N–H and O–H groups in total. The molecule has 4 heteroatoms. The predicted molar refractivity (Wildman–Crippen MR) is 25.7 cm³/mol. The van der Waals surface area contributed by atoms with Gasteiger partial charge in [0.1, 0.15) is 7.05 Å². The van der Waals surface area contributed by atoms with E-state index in [4.69, 9.17) is 0 Å². The van der Waals surface area contributed by atoms with Gasteiger partial charge < -0.3 is 10.1 Å². The quantitative estimate of drug-likeness (QED) is 0.188. The summed E-state index contributed by atoms with van der Waals surface area (Å²) in [6, 6.07) is 0. The zero-order valence-corrected chi connectivity index (χ0v) is 3.92. The molecule has 0 aromatic rings. The van der Waals surface area contributed by atoms with Gasteiger partial charge in [0.25, 0.3) is 0 Å². The zero-order chi connectivity index (χ0) is 5.86. The SMILES string of the molecule is [CH2]/C(=N\C)[N+](=O)[O-]. The summed E-state index contributed by atoms with van der Waals surface area (Å²) < 4.78 is 0. The molecular weight excluding hydrogens is 96.0 g/mol. The van der Waals surface area contributed by atoms with E-state index in [-0.39, 0.29) is 5.84 Å². The van der Waals surface area contributed by atoms with Gasteiger partial charge in [-0.1, -0.05) is 4.99 Å². The lowest BCUT2D eigenvalue weighted by Gasteiger charge is -1.84. The molecule has 39 valence electrons. The lowest BCUT2D eigenvalue weighted by molar-refractivity contribution is -0.348. The minimum absolute atomic E-state index is 0.306.